The quantitative estimate of drug-likeness (QED) is 0.822. The number of halogens is 1. The van der Waals surface area contributed by atoms with Gasteiger partial charge in [0.15, 0.2) is 0 Å². The van der Waals surface area contributed by atoms with Crippen molar-refractivity contribution in [1.29, 1.82) is 0 Å². The molecule has 1 saturated carbocycles. The van der Waals surface area contributed by atoms with Crippen LogP contribution in [0, 0.1) is 11.7 Å². The number of nitrogens with zero attached hydrogens (tertiary/aromatic N) is 1. The third-order valence-electron chi connectivity index (χ3n) is 5.54. The first-order valence-corrected chi connectivity index (χ1v) is 9.78. The van der Waals surface area contributed by atoms with Gasteiger partial charge < -0.3 is 10.2 Å². The molecule has 2 aromatic rings. The van der Waals surface area contributed by atoms with E-state index in [4.69, 9.17) is 0 Å². The van der Waals surface area contributed by atoms with Gasteiger partial charge >= 0.3 is 0 Å². The van der Waals surface area contributed by atoms with Crippen molar-refractivity contribution in [3.63, 3.8) is 0 Å². The fraction of sp³-hybridized carbons (Fsp3) is 0.435. The summed E-state index contributed by atoms with van der Waals surface area (Å²) >= 11 is 0. The molecule has 3 nitrogen and oxygen atoms in total. The maximum atomic E-state index is 13.7. The van der Waals surface area contributed by atoms with Crippen molar-refractivity contribution >= 4 is 5.91 Å². The molecule has 0 saturated heterocycles. The highest BCUT2D eigenvalue weighted by Gasteiger charge is 2.30. The minimum Gasteiger partial charge on any atom is -0.353 e. The number of benzene rings is 2. The lowest BCUT2D eigenvalue weighted by atomic mass is 9.78. The highest BCUT2D eigenvalue weighted by molar-refractivity contribution is 5.78. The molecule has 0 heterocycles. The normalized spacial score (nSPS) is 21.0. The molecule has 27 heavy (non-hydrogen) atoms. The van der Waals surface area contributed by atoms with Gasteiger partial charge in [-0.3, -0.25) is 4.79 Å². The molecule has 1 unspecified atom stereocenters. The molecule has 4 heteroatoms. The first-order chi connectivity index (χ1) is 13.0. The Morgan fingerprint density at radius 2 is 1.78 bits per heavy atom. The van der Waals surface area contributed by atoms with E-state index >= 15 is 0 Å². The number of carbonyl (C=O) groups is 1. The lowest BCUT2D eigenvalue weighted by Gasteiger charge is -2.37. The molecular formula is C23H29FN2O. The van der Waals surface area contributed by atoms with Crippen molar-refractivity contribution in [2.75, 3.05) is 14.1 Å². The van der Waals surface area contributed by atoms with Crippen LogP contribution >= 0.6 is 0 Å². The maximum Gasteiger partial charge on any atom is 0.224 e. The van der Waals surface area contributed by atoms with Crippen LogP contribution in [0.3, 0.4) is 0 Å². The summed E-state index contributed by atoms with van der Waals surface area (Å²) in [5.74, 6) is 0.393. The summed E-state index contributed by atoms with van der Waals surface area (Å²) in [7, 11) is 4.12. The molecule has 144 valence electrons. The Morgan fingerprint density at radius 1 is 1.07 bits per heavy atom. The zero-order valence-corrected chi connectivity index (χ0v) is 16.2. The number of hydrogen-bond acceptors (Lipinski definition) is 2. The first kappa shape index (κ1) is 19.6. The van der Waals surface area contributed by atoms with Crippen LogP contribution in [0.5, 0.6) is 0 Å². The fourth-order valence-electron chi connectivity index (χ4n) is 4.32. The van der Waals surface area contributed by atoms with Crippen LogP contribution in [0.15, 0.2) is 54.6 Å². The highest BCUT2D eigenvalue weighted by atomic mass is 19.1. The van der Waals surface area contributed by atoms with Gasteiger partial charge in [-0.25, -0.2) is 4.39 Å². The van der Waals surface area contributed by atoms with Gasteiger partial charge in [-0.05, 0) is 69.0 Å². The van der Waals surface area contributed by atoms with Crippen LogP contribution < -0.4 is 5.32 Å². The molecule has 2 aromatic carbocycles. The van der Waals surface area contributed by atoms with Crippen molar-refractivity contribution in [1.82, 2.24) is 10.2 Å². The molecule has 0 aromatic heterocycles. The Kier molecular flexibility index (Phi) is 6.62. The molecule has 0 spiro atoms. The lowest BCUT2D eigenvalue weighted by molar-refractivity contribution is -0.121. The minimum absolute atomic E-state index is 0.0962. The standard InChI is InChI=1S/C23H29FN2O/c1-26(2)23(19-9-6-10-20(24)16-19)18-11-13-21(14-12-18)25-22(27)15-17-7-4-3-5-8-17/h3-10,16,18,21,23H,11-15H2,1-2H3,(H,25,27). The van der Waals surface area contributed by atoms with Gasteiger partial charge in [0.1, 0.15) is 5.82 Å². The molecule has 3 rings (SSSR count). The van der Waals surface area contributed by atoms with Gasteiger partial charge in [0.05, 0.1) is 6.42 Å². The van der Waals surface area contributed by atoms with Crippen LogP contribution in [0.25, 0.3) is 0 Å². The monoisotopic (exact) mass is 368 g/mol. The molecule has 0 aliphatic heterocycles. The predicted molar refractivity (Wildman–Crippen MR) is 107 cm³/mol. The summed E-state index contributed by atoms with van der Waals surface area (Å²) in [6.45, 7) is 0. The predicted octanol–water partition coefficient (Wildman–Crippen LogP) is 4.35. The van der Waals surface area contributed by atoms with Crippen LogP contribution in [0.4, 0.5) is 4.39 Å². The topological polar surface area (TPSA) is 32.3 Å². The van der Waals surface area contributed by atoms with E-state index < -0.39 is 0 Å². The zero-order chi connectivity index (χ0) is 19.2. The summed E-state index contributed by atoms with van der Waals surface area (Å²) in [6, 6.07) is 17.3. The molecule has 1 atom stereocenters. The smallest absolute Gasteiger partial charge is 0.224 e. The van der Waals surface area contributed by atoms with Crippen molar-refractivity contribution in [3.05, 3.63) is 71.5 Å². The second-order valence-electron chi connectivity index (χ2n) is 7.81. The summed E-state index contributed by atoms with van der Waals surface area (Å²) in [5, 5.41) is 3.19. The number of carbonyl (C=O) groups excluding carboxylic acids is 1. The van der Waals surface area contributed by atoms with E-state index in [-0.39, 0.29) is 23.8 Å². The largest absolute Gasteiger partial charge is 0.353 e. The minimum atomic E-state index is -0.179. The molecule has 1 aliphatic carbocycles. The second-order valence-corrected chi connectivity index (χ2v) is 7.81. The van der Waals surface area contributed by atoms with E-state index in [2.05, 4.69) is 24.3 Å². The summed E-state index contributed by atoms with van der Waals surface area (Å²) in [4.78, 5) is 14.5. The van der Waals surface area contributed by atoms with Gasteiger partial charge in [0, 0.05) is 12.1 Å². The zero-order valence-electron chi connectivity index (χ0n) is 16.2. The molecule has 1 N–H and O–H groups in total. The first-order valence-electron chi connectivity index (χ1n) is 9.78. The number of amides is 1. The Morgan fingerprint density at radius 3 is 2.41 bits per heavy atom. The van der Waals surface area contributed by atoms with Crippen LogP contribution in [-0.4, -0.2) is 30.9 Å². The summed E-state index contributed by atoms with van der Waals surface area (Å²) in [5.41, 5.74) is 2.08. The Labute approximate surface area is 161 Å². The van der Waals surface area contributed by atoms with Crippen molar-refractivity contribution in [2.24, 2.45) is 5.92 Å². The summed E-state index contributed by atoms with van der Waals surface area (Å²) in [6.07, 6.45) is 4.46. The van der Waals surface area contributed by atoms with Gasteiger partial charge in [-0.2, -0.15) is 0 Å². The molecule has 1 amide bonds. The second kappa shape index (κ2) is 9.14. The van der Waals surface area contributed by atoms with E-state index in [0.29, 0.717) is 12.3 Å². The average molecular weight is 368 g/mol. The molecule has 0 bridgehead atoms. The molecule has 1 fully saturated rings. The van der Waals surface area contributed by atoms with Crippen LogP contribution in [0.1, 0.15) is 42.9 Å². The van der Waals surface area contributed by atoms with E-state index in [1.165, 1.54) is 6.07 Å². The Bertz CT molecular complexity index is 739. The lowest BCUT2D eigenvalue weighted by Crippen LogP contribution is -2.40. The summed E-state index contributed by atoms with van der Waals surface area (Å²) < 4.78 is 13.7. The van der Waals surface area contributed by atoms with E-state index in [9.17, 15) is 9.18 Å². The Hall–Kier alpha value is -2.20. The van der Waals surface area contributed by atoms with E-state index in [1.807, 2.05) is 36.4 Å². The molecule has 0 radical (unpaired) electrons. The van der Waals surface area contributed by atoms with Gasteiger partial charge in [-0.15, -0.1) is 0 Å². The van der Waals surface area contributed by atoms with Crippen molar-refractivity contribution in [2.45, 2.75) is 44.2 Å². The van der Waals surface area contributed by atoms with Crippen LogP contribution in [0.2, 0.25) is 0 Å². The number of hydrogen-bond donors (Lipinski definition) is 1. The SMILES string of the molecule is CN(C)C(c1cccc(F)c1)C1CCC(NC(=O)Cc2ccccc2)CC1. The van der Waals surface area contributed by atoms with Gasteiger partial charge in [0.25, 0.3) is 0 Å². The van der Waals surface area contributed by atoms with Gasteiger partial charge in [0.2, 0.25) is 5.91 Å². The maximum absolute atomic E-state index is 13.7. The highest BCUT2D eigenvalue weighted by Crippen LogP contribution is 2.37. The van der Waals surface area contributed by atoms with E-state index in [0.717, 1.165) is 36.8 Å². The average Bonchev–Trinajstić information content (AvgIpc) is 2.64. The van der Waals surface area contributed by atoms with E-state index in [1.54, 1.807) is 12.1 Å². The van der Waals surface area contributed by atoms with Crippen LogP contribution in [-0.2, 0) is 11.2 Å². The number of nitrogens with one attached hydrogen (secondary N) is 1. The molecule has 1 aliphatic rings. The van der Waals surface area contributed by atoms with Crippen molar-refractivity contribution in [3.8, 4) is 0 Å². The third kappa shape index (κ3) is 5.39. The Balaban J connectivity index is 1.55. The number of rotatable bonds is 6. The third-order valence-corrected chi connectivity index (χ3v) is 5.54. The van der Waals surface area contributed by atoms with Crippen molar-refractivity contribution < 1.29 is 9.18 Å². The fourth-order valence-corrected chi connectivity index (χ4v) is 4.32. The van der Waals surface area contributed by atoms with Gasteiger partial charge in [-0.1, -0.05) is 42.5 Å². The molecular weight excluding hydrogens is 339 g/mol.